The molecule has 1 saturated heterocycles. The van der Waals surface area contributed by atoms with E-state index in [1.165, 1.54) is 0 Å². The Labute approximate surface area is 85.3 Å². The number of rotatable bonds is 2. The SMILES string of the molecule is CC(=O)NC1CCN(C(C)S)CC1. The number of hydrogen-bond acceptors (Lipinski definition) is 3. The normalized spacial score (nSPS) is 22.7. The van der Waals surface area contributed by atoms with Gasteiger partial charge in [-0.2, -0.15) is 12.6 Å². The molecule has 0 aliphatic carbocycles. The van der Waals surface area contributed by atoms with Gasteiger partial charge < -0.3 is 5.32 Å². The maximum absolute atomic E-state index is 10.8. The number of piperidine rings is 1. The van der Waals surface area contributed by atoms with Crippen LogP contribution in [-0.4, -0.2) is 35.3 Å². The van der Waals surface area contributed by atoms with E-state index in [-0.39, 0.29) is 5.91 Å². The summed E-state index contributed by atoms with van der Waals surface area (Å²) in [4.78, 5) is 13.1. The van der Waals surface area contributed by atoms with Crippen LogP contribution < -0.4 is 5.32 Å². The van der Waals surface area contributed by atoms with Crippen molar-refractivity contribution in [3.05, 3.63) is 0 Å². The Bertz CT molecular complexity index is 176. The van der Waals surface area contributed by atoms with Crippen molar-refractivity contribution in [2.24, 2.45) is 0 Å². The lowest BCUT2D eigenvalue weighted by Gasteiger charge is -2.34. The third-order valence-corrected chi connectivity index (χ3v) is 2.79. The maximum Gasteiger partial charge on any atom is 0.217 e. The van der Waals surface area contributed by atoms with E-state index < -0.39 is 0 Å². The number of amides is 1. The van der Waals surface area contributed by atoms with E-state index in [9.17, 15) is 4.79 Å². The van der Waals surface area contributed by atoms with Crippen LogP contribution in [-0.2, 0) is 4.79 Å². The highest BCUT2D eigenvalue weighted by Crippen LogP contribution is 2.14. The van der Waals surface area contributed by atoms with Crippen LogP contribution in [0.4, 0.5) is 0 Å². The number of thiol groups is 1. The van der Waals surface area contributed by atoms with Crippen LogP contribution in [0.1, 0.15) is 26.7 Å². The summed E-state index contributed by atoms with van der Waals surface area (Å²) < 4.78 is 0. The van der Waals surface area contributed by atoms with E-state index in [1.54, 1.807) is 6.92 Å². The molecule has 1 heterocycles. The summed E-state index contributed by atoms with van der Waals surface area (Å²) in [6.45, 7) is 5.74. The molecule has 1 fully saturated rings. The second kappa shape index (κ2) is 4.86. The summed E-state index contributed by atoms with van der Waals surface area (Å²) in [6.07, 6.45) is 2.09. The van der Waals surface area contributed by atoms with E-state index in [4.69, 9.17) is 0 Å². The van der Waals surface area contributed by atoms with Crippen molar-refractivity contribution in [1.82, 2.24) is 10.2 Å². The lowest BCUT2D eigenvalue weighted by atomic mass is 10.1. The summed E-state index contributed by atoms with van der Waals surface area (Å²) in [5, 5.41) is 3.28. The summed E-state index contributed by atoms with van der Waals surface area (Å²) in [7, 11) is 0. The molecular weight excluding hydrogens is 184 g/mol. The average molecular weight is 202 g/mol. The van der Waals surface area contributed by atoms with Crippen LogP contribution in [0.15, 0.2) is 0 Å². The Kier molecular flexibility index (Phi) is 4.06. The zero-order valence-electron chi connectivity index (χ0n) is 8.29. The fourth-order valence-electron chi connectivity index (χ4n) is 1.70. The van der Waals surface area contributed by atoms with Gasteiger partial charge in [0.2, 0.25) is 5.91 Å². The zero-order valence-corrected chi connectivity index (χ0v) is 9.18. The van der Waals surface area contributed by atoms with Crippen molar-refractivity contribution < 1.29 is 4.79 Å². The third kappa shape index (κ3) is 3.56. The summed E-state index contributed by atoms with van der Waals surface area (Å²) >= 11 is 4.38. The van der Waals surface area contributed by atoms with Crippen LogP contribution in [0.3, 0.4) is 0 Å². The number of carbonyl (C=O) groups excluding carboxylic acids is 1. The van der Waals surface area contributed by atoms with Crippen molar-refractivity contribution >= 4 is 18.5 Å². The highest BCUT2D eigenvalue weighted by molar-refractivity contribution is 7.80. The number of likely N-dealkylation sites (tertiary alicyclic amines) is 1. The molecule has 0 radical (unpaired) electrons. The van der Waals surface area contributed by atoms with Crippen molar-refractivity contribution in [2.45, 2.75) is 38.1 Å². The number of carbonyl (C=O) groups is 1. The Morgan fingerprint density at radius 2 is 2.08 bits per heavy atom. The molecule has 1 aliphatic heterocycles. The second-order valence-corrected chi connectivity index (χ2v) is 4.39. The lowest BCUT2D eigenvalue weighted by Crippen LogP contribution is -2.45. The summed E-state index contributed by atoms with van der Waals surface area (Å²) in [5.41, 5.74) is 0. The van der Waals surface area contributed by atoms with Crippen LogP contribution in [0.25, 0.3) is 0 Å². The molecule has 1 N–H and O–H groups in total. The Morgan fingerprint density at radius 3 is 2.46 bits per heavy atom. The van der Waals surface area contributed by atoms with Crippen LogP contribution in [0.5, 0.6) is 0 Å². The molecule has 1 rings (SSSR count). The largest absolute Gasteiger partial charge is 0.354 e. The first-order chi connectivity index (χ1) is 6.09. The van der Waals surface area contributed by atoms with Crippen molar-refractivity contribution in [2.75, 3.05) is 13.1 Å². The molecular formula is C9H18N2OS. The molecule has 1 aliphatic rings. The molecule has 0 aromatic heterocycles. The number of nitrogens with zero attached hydrogens (tertiary/aromatic N) is 1. The van der Waals surface area contributed by atoms with E-state index in [1.807, 2.05) is 0 Å². The van der Waals surface area contributed by atoms with Gasteiger partial charge in [0.1, 0.15) is 0 Å². The molecule has 1 atom stereocenters. The van der Waals surface area contributed by atoms with Gasteiger partial charge in [-0.05, 0) is 19.8 Å². The van der Waals surface area contributed by atoms with Crippen LogP contribution in [0, 0.1) is 0 Å². The van der Waals surface area contributed by atoms with E-state index in [2.05, 4.69) is 29.8 Å². The van der Waals surface area contributed by atoms with Gasteiger partial charge in [-0.15, -0.1) is 0 Å². The molecule has 0 saturated carbocycles. The van der Waals surface area contributed by atoms with Gasteiger partial charge in [-0.3, -0.25) is 9.69 Å². The third-order valence-electron chi connectivity index (χ3n) is 2.47. The molecule has 13 heavy (non-hydrogen) atoms. The van der Waals surface area contributed by atoms with Gasteiger partial charge in [-0.25, -0.2) is 0 Å². The van der Waals surface area contributed by atoms with Gasteiger partial charge >= 0.3 is 0 Å². The zero-order chi connectivity index (χ0) is 9.84. The standard InChI is InChI=1S/C9H18N2OS/c1-7(12)10-9-3-5-11(6-4-9)8(2)13/h8-9,13H,3-6H2,1-2H3,(H,10,12). The quantitative estimate of drug-likeness (QED) is 0.651. The van der Waals surface area contributed by atoms with Crippen LogP contribution in [0.2, 0.25) is 0 Å². The fraction of sp³-hybridized carbons (Fsp3) is 0.889. The molecule has 0 bridgehead atoms. The monoisotopic (exact) mass is 202 g/mol. The first-order valence-electron chi connectivity index (χ1n) is 4.79. The molecule has 0 spiro atoms. The minimum absolute atomic E-state index is 0.0809. The first-order valence-corrected chi connectivity index (χ1v) is 5.30. The average Bonchev–Trinajstić information content (AvgIpc) is 2.04. The molecule has 76 valence electrons. The molecule has 4 heteroatoms. The van der Waals surface area contributed by atoms with Gasteiger partial charge in [0.05, 0.1) is 0 Å². The van der Waals surface area contributed by atoms with Crippen molar-refractivity contribution in [3.63, 3.8) is 0 Å². The predicted octanol–water partition coefficient (Wildman–Crippen LogP) is 0.863. The van der Waals surface area contributed by atoms with Gasteiger partial charge in [0, 0.05) is 31.4 Å². The predicted molar refractivity (Wildman–Crippen MR) is 56.9 cm³/mol. The Morgan fingerprint density at radius 1 is 1.54 bits per heavy atom. The number of hydrogen-bond donors (Lipinski definition) is 2. The maximum atomic E-state index is 10.8. The van der Waals surface area contributed by atoms with Gasteiger partial charge in [0.25, 0.3) is 0 Å². The van der Waals surface area contributed by atoms with Gasteiger partial charge in [-0.1, -0.05) is 0 Å². The van der Waals surface area contributed by atoms with E-state index in [0.29, 0.717) is 11.4 Å². The first kappa shape index (κ1) is 10.9. The summed E-state index contributed by atoms with van der Waals surface area (Å²) in [6, 6.07) is 0.376. The molecule has 3 nitrogen and oxygen atoms in total. The minimum Gasteiger partial charge on any atom is -0.354 e. The van der Waals surface area contributed by atoms with E-state index in [0.717, 1.165) is 25.9 Å². The Hall–Kier alpha value is -0.220. The lowest BCUT2D eigenvalue weighted by molar-refractivity contribution is -0.119. The Balaban J connectivity index is 2.26. The number of nitrogens with one attached hydrogen (secondary N) is 1. The highest BCUT2D eigenvalue weighted by Gasteiger charge is 2.21. The second-order valence-electron chi connectivity index (χ2n) is 3.64. The summed E-state index contributed by atoms with van der Waals surface area (Å²) in [5.74, 6) is 0.0809. The molecule has 1 unspecified atom stereocenters. The van der Waals surface area contributed by atoms with E-state index >= 15 is 0 Å². The smallest absolute Gasteiger partial charge is 0.217 e. The van der Waals surface area contributed by atoms with Gasteiger partial charge in [0.15, 0.2) is 0 Å². The topological polar surface area (TPSA) is 32.3 Å². The highest BCUT2D eigenvalue weighted by atomic mass is 32.1. The minimum atomic E-state index is 0.0809. The fourth-order valence-corrected chi connectivity index (χ4v) is 1.94. The van der Waals surface area contributed by atoms with Crippen molar-refractivity contribution in [1.29, 1.82) is 0 Å². The van der Waals surface area contributed by atoms with Crippen LogP contribution >= 0.6 is 12.6 Å². The molecule has 0 aromatic rings. The molecule has 1 amide bonds. The molecule has 0 aromatic carbocycles. The van der Waals surface area contributed by atoms with Crippen molar-refractivity contribution in [3.8, 4) is 0 Å².